The maximum Gasteiger partial charge on any atom is 0.246 e. The lowest BCUT2D eigenvalue weighted by atomic mass is 9.95. The molecule has 3 heterocycles. The smallest absolute Gasteiger partial charge is 0.246 e. The van der Waals surface area contributed by atoms with Gasteiger partial charge in [-0.2, -0.15) is 0 Å². The van der Waals surface area contributed by atoms with Crippen molar-refractivity contribution >= 4 is 29.4 Å². The summed E-state index contributed by atoms with van der Waals surface area (Å²) in [5.41, 5.74) is 0.805. The second-order valence-electron chi connectivity index (χ2n) is 11.6. The summed E-state index contributed by atoms with van der Waals surface area (Å²) in [6.45, 7) is 4.77. The standard InChI is InChI=1S/C31H44N4O7/c1-4-19(2)27-31(40)35-16-8-10-24(35)30(39)32-22(9-6-5-7-11-25(36)26-18-42-26)28(37)33-23(29(38)34-27)17-20-12-14-21(41-3)15-13-20/h12-15,19,22-24,26-27H,4-11,16-18H2,1-3H3,(H,32,39)(H,33,37)(H,34,38)/t19-,22-,23+,24-,26-,27-/m0/s1. The number of unbranched alkanes of at least 4 members (excludes halogenated alkanes) is 2. The summed E-state index contributed by atoms with van der Waals surface area (Å²) >= 11 is 0. The largest absolute Gasteiger partial charge is 0.497 e. The lowest BCUT2D eigenvalue weighted by molar-refractivity contribution is -0.144. The van der Waals surface area contributed by atoms with Crippen LogP contribution in [-0.2, 0) is 35.1 Å². The molecule has 11 nitrogen and oxygen atoms in total. The van der Waals surface area contributed by atoms with Gasteiger partial charge in [0.25, 0.3) is 0 Å². The molecule has 0 bridgehead atoms. The van der Waals surface area contributed by atoms with Crippen LogP contribution >= 0.6 is 0 Å². The van der Waals surface area contributed by atoms with Crippen molar-refractivity contribution < 1.29 is 33.4 Å². The van der Waals surface area contributed by atoms with Crippen LogP contribution in [0, 0.1) is 5.92 Å². The van der Waals surface area contributed by atoms with Gasteiger partial charge in [-0.15, -0.1) is 0 Å². The molecule has 3 fully saturated rings. The minimum atomic E-state index is -0.963. The number of ether oxygens (including phenoxy) is 2. The molecule has 11 heteroatoms. The maximum absolute atomic E-state index is 13.8. The highest BCUT2D eigenvalue weighted by Gasteiger charge is 2.41. The van der Waals surface area contributed by atoms with E-state index in [9.17, 15) is 24.0 Å². The number of benzene rings is 1. The fourth-order valence-electron chi connectivity index (χ4n) is 5.65. The summed E-state index contributed by atoms with van der Waals surface area (Å²) in [5.74, 6) is -0.924. The molecule has 42 heavy (non-hydrogen) atoms. The molecule has 0 radical (unpaired) electrons. The fourth-order valence-corrected chi connectivity index (χ4v) is 5.65. The Bertz CT molecular complexity index is 1140. The molecule has 1 aromatic carbocycles. The van der Waals surface area contributed by atoms with E-state index >= 15 is 0 Å². The van der Waals surface area contributed by atoms with Crippen LogP contribution in [0.5, 0.6) is 5.75 Å². The molecule has 0 saturated carbocycles. The Balaban J connectivity index is 1.54. The Labute approximate surface area is 247 Å². The van der Waals surface area contributed by atoms with Gasteiger partial charge in [0.05, 0.1) is 13.7 Å². The average Bonchev–Trinajstić information content (AvgIpc) is 3.73. The number of hydrogen-bond donors (Lipinski definition) is 3. The molecule has 6 atom stereocenters. The minimum Gasteiger partial charge on any atom is -0.497 e. The van der Waals surface area contributed by atoms with E-state index in [1.54, 1.807) is 24.1 Å². The predicted molar refractivity (Wildman–Crippen MR) is 155 cm³/mol. The molecule has 3 N–H and O–H groups in total. The van der Waals surface area contributed by atoms with E-state index in [2.05, 4.69) is 16.0 Å². The van der Waals surface area contributed by atoms with Gasteiger partial charge in [-0.1, -0.05) is 45.2 Å². The van der Waals surface area contributed by atoms with E-state index in [1.807, 2.05) is 26.0 Å². The molecule has 0 aliphatic carbocycles. The van der Waals surface area contributed by atoms with Crippen molar-refractivity contribution in [2.45, 2.75) is 102 Å². The SMILES string of the molecule is CC[C@H](C)[C@@H]1NC(=O)[C@@H](Cc2ccc(OC)cc2)NC(=O)[C@H](CCCCCC(=O)[C@@H]2CO2)NC(=O)[C@@H]2CCCN2C1=O. The molecule has 0 spiro atoms. The van der Waals surface area contributed by atoms with E-state index in [0.717, 1.165) is 5.56 Å². The van der Waals surface area contributed by atoms with Crippen LogP contribution in [0.15, 0.2) is 24.3 Å². The molecule has 4 amide bonds. The van der Waals surface area contributed by atoms with Gasteiger partial charge in [-0.3, -0.25) is 24.0 Å². The quantitative estimate of drug-likeness (QED) is 0.250. The monoisotopic (exact) mass is 584 g/mol. The number of Topliss-reactive ketones (excluding diaryl/α,β-unsaturated/α-hetero) is 1. The number of hydrogen-bond acceptors (Lipinski definition) is 7. The number of nitrogens with one attached hydrogen (secondary N) is 3. The van der Waals surface area contributed by atoms with Crippen molar-refractivity contribution in [1.29, 1.82) is 0 Å². The maximum atomic E-state index is 13.8. The number of methoxy groups -OCH3 is 1. The normalized spacial score (nSPS) is 27.1. The van der Waals surface area contributed by atoms with E-state index in [4.69, 9.17) is 9.47 Å². The third-order valence-corrected chi connectivity index (χ3v) is 8.59. The minimum absolute atomic E-state index is 0.0983. The molecular weight excluding hydrogens is 540 g/mol. The Morgan fingerprint density at radius 1 is 1.00 bits per heavy atom. The topological polar surface area (TPSA) is 146 Å². The number of fused-ring (bicyclic) bond motifs is 1. The fraction of sp³-hybridized carbons (Fsp3) is 0.645. The third kappa shape index (κ3) is 8.08. The summed E-state index contributed by atoms with van der Waals surface area (Å²) in [4.78, 5) is 68.1. The van der Waals surface area contributed by atoms with Gasteiger partial charge in [0.2, 0.25) is 23.6 Å². The summed E-state index contributed by atoms with van der Waals surface area (Å²) < 4.78 is 10.3. The van der Waals surface area contributed by atoms with Gasteiger partial charge in [0, 0.05) is 19.4 Å². The Morgan fingerprint density at radius 2 is 1.69 bits per heavy atom. The van der Waals surface area contributed by atoms with Crippen LogP contribution < -0.4 is 20.7 Å². The first-order chi connectivity index (χ1) is 20.2. The lowest BCUT2D eigenvalue weighted by Gasteiger charge is -2.34. The predicted octanol–water partition coefficient (Wildman–Crippen LogP) is 1.66. The Morgan fingerprint density at radius 3 is 2.36 bits per heavy atom. The van der Waals surface area contributed by atoms with Gasteiger partial charge in [-0.05, 0) is 49.3 Å². The van der Waals surface area contributed by atoms with Crippen molar-refractivity contribution in [3.05, 3.63) is 29.8 Å². The van der Waals surface area contributed by atoms with E-state index in [-0.39, 0.29) is 36.0 Å². The molecule has 1 aromatic rings. The zero-order valence-electron chi connectivity index (χ0n) is 24.9. The highest BCUT2D eigenvalue weighted by molar-refractivity contribution is 5.98. The molecule has 3 aliphatic heterocycles. The van der Waals surface area contributed by atoms with Crippen molar-refractivity contribution in [2.75, 3.05) is 20.3 Å². The van der Waals surface area contributed by atoms with Crippen LogP contribution in [0.1, 0.15) is 70.8 Å². The number of nitrogens with zero attached hydrogens (tertiary/aromatic N) is 1. The van der Waals surface area contributed by atoms with Crippen molar-refractivity contribution in [3.8, 4) is 5.75 Å². The van der Waals surface area contributed by atoms with E-state index in [1.165, 1.54) is 0 Å². The summed E-state index contributed by atoms with van der Waals surface area (Å²) in [6, 6.07) is 3.87. The van der Waals surface area contributed by atoms with Crippen LogP contribution in [0.4, 0.5) is 0 Å². The number of carbonyl (C=O) groups is 5. The van der Waals surface area contributed by atoms with Crippen molar-refractivity contribution in [1.82, 2.24) is 20.9 Å². The molecule has 0 aromatic heterocycles. The first kappa shape index (κ1) is 31.5. The van der Waals surface area contributed by atoms with Crippen LogP contribution in [-0.4, -0.2) is 84.8 Å². The first-order valence-electron chi connectivity index (χ1n) is 15.2. The van der Waals surface area contributed by atoms with Gasteiger partial charge in [0.15, 0.2) is 5.78 Å². The molecule has 3 saturated heterocycles. The first-order valence-corrected chi connectivity index (χ1v) is 15.2. The number of amides is 4. The highest BCUT2D eigenvalue weighted by atomic mass is 16.6. The Kier molecular flexibility index (Phi) is 11.0. The second kappa shape index (κ2) is 14.6. The molecule has 4 rings (SSSR count). The molecule has 3 aliphatic rings. The Hall–Kier alpha value is -3.47. The highest BCUT2D eigenvalue weighted by Crippen LogP contribution is 2.23. The van der Waals surface area contributed by atoms with Gasteiger partial charge in [-0.25, -0.2) is 0 Å². The third-order valence-electron chi connectivity index (χ3n) is 8.59. The molecule has 230 valence electrons. The van der Waals surface area contributed by atoms with Crippen LogP contribution in [0.3, 0.4) is 0 Å². The second-order valence-corrected chi connectivity index (χ2v) is 11.6. The van der Waals surface area contributed by atoms with E-state index in [0.29, 0.717) is 70.3 Å². The zero-order chi connectivity index (χ0) is 30.2. The lowest BCUT2D eigenvalue weighted by Crippen LogP contribution is -2.62. The number of rotatable bonds is 12. The summed E-state index contributed by atoms with van der Waals surface area (Å²) in [7, 11) is 1.57. The zero-order valence-corrected chi connectivity index (χ0v) is 24.9. The van der Waals surface area contributed by atoms with Gasteiger partial charge < -0.3 is 30.3 Å². The van der Waals surface area contributed by atoms with E-state index < -0.39 is 36.0 Å². The average molecular weight is 585 g/mol. The molecular formula is C31H44N4O7. The van der Waals surface area contributed by atoms with Gasteiger partial charge in [0.1, 0.15) is 36.0 Å². The number of carbonyl (C=O) groups excluding carboxylic acids is 5. The summed E-state index contributed by atoms with van der Waals surface area (Å²) in [5, 5.41) is 8.70. The number of epoxide rings is 1. The molecule has 0 unspecified atom stereocenters. The summed E-state index contributed by atoms with van der Waals surface area (Å²) in [6.07, 6.45) is 4.51. The van der Waals surface area contributed by atoms with Crippen LogP contribution in [0.2, 0.25) is 0 Å². The van der Waals surface area contributed by atoms with Gasteiger partial charge >= 0.3 is 0 Å². The van der Waals surface area contributed by atoms with Crippen molar-refractivity contribution in [3.63, 3.8) is 0 Å². The van der Waals surface area contributed by atoms with Crippen LogP contribution in [0.25, 0.3) is 0 Å². The number of ketones is 1. The van der Waals surface area contributed by atoms with Crippen molar-refractivity contribution in [2.24, 2.45) is 5.92 Å².